The lowest BCUT2D eigenvalue weighted by Crippen LogP contribution is -1.98. The molecule has 0 fully saturated rings. The largest absolute Gasteiger partial charge is 0.348 e. The normalized spacial score (nSPS) is 13.5. The molecule has 1 rings (SSSR count). The summed E-state index contributed by atoms with van der Waals surface area (Å²) in [5.74, 6) is 0. The molecule has 1 aromatic rings. The number of alkyl halides is 1. The molecule has 0 saturated carbocycles. The summed E-state index contributed by atoms with van der Waals surface area (Å²) in [6.45, 7) is 4.16. The molecule has 0 radical (unpaired) electrons. The van der Waals surface area contributed by atoms with E-state index >= 15 is 0 Å². The molecule has 56 valence electrons. The highest BCUT2D eigenvalue weighted by atomic mass is 79.9. The summed E-state index contributed by atoms with van der Waals surface area (Å²) in [7, 11) is 0. The fourth-order valence-corrected chi connectivity index (χ4v) is 1.17. The van der Waals surface area contributed by atoms with Gasteiger partial charge in [-0.25, -0.2) is 4.98 Å². The standard InChI is InChI=1S/C7H11BrN2/c1-5(8)3-7-6(2)9-4-10-7/h4-5H,3H2,1-2H3,(H,9,10). The van der Waals surface area contributed by atoms with Gasteiger partial charge in [-0.05, 0) is 6.92 Å². The van der Waals surface area contributed by atoms with Gasteiger partial charge in [0.1, 0.15) is 0 Å². The number of hydrogen-bond donors (Lipinski definition) is 1. The molecule has 1 N–H and O–H groups in total. The number of nitrogens with one attached hydrogen (secondary N) is 1. The van der Waals surface area contributed by atoms with Crippen molar-refractivity contribution in [1.82, 2.24) is 9.97 Å². The van der Waals surface area contributed by atoms with Gasteiger partial charge in [0.25, 0.3) is 0 Å². The van der Waals surface area contributed by atoms with E-state index in [0.29, 0.717) is 4.83 Å². The Balaban J connectivity index is 2.65. The average Bonchev–Trinajstić information content (AvgIpc) is 2.15. The minimum Gasteiger partial charge on any atom is -0.348 e. The lowest BCUT2D eigenvalue weighted by molar-refractivity contribution is 0.914. The van der Waals surface area contributed by atoms with E-state index in [-0.39, 0.29) is 0 Å². The van der Waals surface area contributed by atoms with Crippen LogP contribution >= 0.6 is 15.9 Å². The van der Waals surface area contributed by atoms with Gasteiger partial charge < -0.3 is 4.98 Å². The number of hydrogen-bond acceptors (Lipinski definition) is 1. The van der Waals surface area contributed by atoms with Crippen molar-refractivity contribution in [3.63, 3.8) is 0 Å². The lowest BCUT2D eigenvalue weighted by Gasteiger charge is -1.98. The highest BCUT2D eigenvalue weighted by Gasteiger charge is 2.03. The molecule has 0 amide bonds. The molecule has 1 heterocycles. The minimum atomic E-state index is 0.509. The number of halogens is 1. The second kappa shape index (κ2) is 3.19. The van der Waals surface area contributed by atoms with Crippen LogP contribution in [0.15, 0.2) is 6.33 Å². The van der Waals surface area contributed by atoms with E-state index < -0.39 is 0 Å². The molecule has 1 aromatic heterocycles. The smallest absolute Gasteiger partial charge is 0.0925 e. The third kappa shape index (κ3) is 1.84. The molecular formula is C7H11BrN2. The Morgan fingerprint density at radius 2 is 2.50 bits per heavy atom. The quantitative estimate of drug-likeness (QED) is 0.732. The Kier molecular flexibility index (Phi) is 2.49. The van der Waals surface area contributed by atoms with Gasteiger partial charge in [0.15, 0.2) is 0 Å². The molecule has 0 aliphatic rings. The first-order valence-corrected chi connectivity index (χ1v) is 4.24. The van der Waals surface area contributed by atoms with Crippen LogP contribution in [0.1, 0.15) is 18.3 Å². The van der Waals surface area contributed by atoms with E-state index in [0.717, 1.165) is 12.1 Å². The maximum absolute atomic E-state index is 4.17. The summed E-state index contributed by atoms with van der Waals surface area (Å²) in [6.07, 6.45) is 2.73. The van der Waals surface area contributed by atoms with E-state index in [4.69, 9.17) is 0 Å². The maximum atomic E-state index is 4.17. The summed E-state index contributed by atoms with van der Waals surface area (Å²) >= 11 is 3.48. The first-order chi connectivity index (χ1) is 4.70. The molecule has 3 heteroatoms. The van der Waals surface area contributed by atoms with Gasteiger partial charge in [-0.2, -0.15) is 0 Å². The van der Waals surface area contributed by atoms with Crippen LogP contribution in [0, 0.1) is 6.92 Å². The second-order valence-corrected chi connectivity index (χ2v) is 4.02. The molecular weight excluding hydrogens is 192 g/mol. The predicted octanol–water partition coefficient (Wildman–Crippen LogP) is 2.04. The summed E-state index contributed by atoms with van der Waals surface area (Å²) < 4.78 is 0. The maximum Gasteiger partial charge on any atom is 0.0925 e. The molecule has 2 nitrogen and oxygen atoms in total. The molecule has 0 spiro atoms. The van der Waals surface area contributed by atoms with Crippen molar-refractivity contribution in [2.45, 2.75) is 25.1 Å². The Hall–Kier alpha value is -0.310. The van der Waals surface area contributed by atoms with Crippen LogP contribution in [0.5, 0.6) is 0 Å². The third-order valence-corrected chi connectivity index (χ3v) is 1.73. The summed E-state index contributed by atoms with van der Waals surface area (Å²) in [5, 5.41) is 0. The van der Waals surface area contributed by atoms with E-state index in [1.54, 1.807) is 6.33 Å². The Morgan fingerprint density at radius 1 is 1.80 bits per heavy atom. The van der Waals surface area contributed by atoms with Crippen molar-refractivity contribution < 1.29 is 0 Å². The van der Waals surface area contributed by atoms with E-state index in [9.17, 15) is 0 Å². The van der Waals surface area contributed by atoms with Gasteiger partial charge in [-0.1, -0.05) is 22.9 Å². The average molecular weight is 203 g/mol. The van der Waals surface area contributed by atoms with Crippen LogP contribution in [0.25, 0.3) is 0 Å². The number of rotatable bonds is 2. The number of aryl methyl sites for hydroxylation is 1. The van der Waals surface area contributed by atoms with Crippen molar-refractivity contribution in [3.05, 3.63) is 17.7 Å². The Morgan fingerprint density at radius 3 is 2.90 bits per heavy atom. The molecule has 1 atom stereocenters. The van der Waals surface area contributed by atoms with E-state index in [2.05, 4.69) is 32.8 Å². The van der Waals surface area contributed by atoms with Crippen molar-refractivity contribution in [1.29, 1.82) is 0 Å². The van der Waals surface area contributed by atoms with Crippen molar-refractivity contribution in [2.75, 3.05) is 0 Å². The summed E-state index contributed by atoms with van der Waals surface area (Å²) in [4.78, 5) is 7.72. The highest BCUT2D eigenvalue weighted by molar-refractivity contribution is 9.09. The van der Waals surface area contributed by atoms with Crippen molar-refractivity contribution in [2.24, 2.45) is 0 Å². The van der Waals surface area contributed by atoms with Crippen LogP contribution in [-0.2, 0) is 6.42 Å². The lowest BCUT2D eigenvalue weighted by atomic mass is 10.2. The highest BCUT2D eigenvalue weighted by Crippen LogP contribution is 2.08. The first-order valence-electron chi connectivity index (χ1n) is 3.33. The monoisotopic (exact) mass is 202 g/mol. The van der Waals surface area contributed by atoms with E-state index in [1.165, 1.54) is 5.69 Å². The number of imidazole rings is 1. The molecule has 0 aromatic carbocycles. The fourth-order valence-electron chi connectivity index (χ4n) is 0.859. The molecule has 0 bridgehead atoms. The van der Waals surface area contributed by atoms with Crippen LogP contribution in [0.3, 0.4) is 0 Å². The molecule has 10 heavy (non-hydrogen) atoms. The zero-order valence-electron chi connectivity index (χ0n) is 6.19. The van der Waals surface area contributed by atoms with Crippen LogP contribution in [-0.4, -0.2) is 14.8 Å². The topological polar surface area (TPSA) is 28.7 Å². The SMILES string of the molecule is Cc1[nH]cnc1CC(C)Br. The summed E-state index contributed by atoms with van der Waals surface area (Å²) in [6, 6.07) is 0. The number of H-pyrrole nitrogens is 1. The molecule has 0 aliphatic heterocycles. The summed E-state index contributed by atoms with van der Waals surface area (Å²) in [5.41, 5.74) is 2.33. The van der Waals surface area contributed by atoms with Gasteiger partial charge in [0.2, 0.25) is 0 Å². The third-order valence-electron chi connectivity index (χ3n) is 1.41. The Bertz CT molecular complexity index is 205. The zero-order chi connectivity index (χ0) is 7.56. The fraction of sp³-hybridized carbons (Fsp3) is 0.571. The number of nitrogens with zero attached hydrogens (tertiary/aromatic N) is 1. The van der Waals surface area contributed by atoms with Crippen molar-refractivity contribution in [3.8, 4) is 0 Å². The van der Waals surface area contributed by atoms with Crippen molar-refractivity contribution >= 4 is 15.9 Å². The minimum absolute atomic E-state index is 0.509. The van der Waals surface area contributed by atoms with Gasteiger partial charge in [-0.3, -0.25) is 0 Å². The Labute approximate surface area is 69.2 Å². The second-order valence-electron chi connectivity index (χ2n) is 2.46. The number of aromatic amines is 1. The van der Waals surface area contributed by atoms with Gasteiger partial charge >= 0.3 is 0 Å². The van der Waals surface area contributed by atoms with Crippen LogP contribution in [0.4, 0.5) is 0 Å². The molecule has 0 aliphatic carbocycles. The van der Waals surface area contributed by atoms with Gasteiger partial charge in [0, 0.05) is 16.9 Å². The zero-order valence-corrected chi connectivity index (χ0v) is 7.77. The van der Waals surface area contributed by atoms with E-state index in [1.807, 2.05) is 6.92 Å². The van der Waals surface area contributed by atoms with Gasteiger partial charge in [-0.15, -0.1) is 0 Å². The molecule has 0 saturated heterocycles. The van der Waals surface area contributed by atoms with Crippen LogP contribution in [0.2, 0.25) is 0 Å². The van der Waals surface area contributed by atoms with Crippen LogP contribution < -0.4 is 0 Å². The predicted molar refractivity (Wildman–Crippen MR) is 45.4 cm³/mol. The number of aromatic nitrogens is 2. The van der Waals surface area contributed by atoms with Gasteiger partial charge in [0.05, 0.1) is 12.0 Å². The first kappa shape index (κ1) is 7.79. The molecule has 1 unspecified atom stereocenters.